The van der Waals surface area contributed by atoms with Crippen molar-refractivity contribution >= 4 is 16.7 Å². The van der Waals surface area contributed by atoms with Crippen LogP contribution in [0.15, 0.2) is 42.5 Å². The van der Waals surface area contributed by atoms with Crippen molar-refractivity contribution in [2.75, 3.05) is 12.8 Å². The van der Waals surface area contributed by atoms with Gasteiger partial charge >= 0.3 is 0 Å². The van der Waals surface area contributed by atoms with Crippen LogP contribution >= 0.6 is 0 Å². The number of benzene rings is 2. The highest BCUT2D eigenvalue weighted by Gasteiger charge is 2.06. The number of hydrogen-bond donors (Lipinski definition) is 2. The fraction of sp³-hybridized carbons (Fsp3) is 0.133. The number of rotatable bonds is 4. The summed E-state index contributed by atoms with van der Waals surface area (Å²) in [6.07, 6.45) is 0. The van der Waals surface area contributed by atoms with E-state index in [1.807, 2.05) is 42.5 Å². The van der Waals surface area contributed by atoms with Crippen molar-refractivity contribution in [1.82, 2.24) is 9.97 Å². The van der Waals surface area contributed by atoms with Crippen molar-refractivity contribution in [3.05, 3.63) is 48.3 Å². The topological polar surface area (TPSA) is 73.2 Å². The molecular weight excluding hydrogens is 254 g/mol. The molecule has 1 aromatic heterocycles. The standard InChI is InChI=1S/C15H15N3O2/c1-19-10-4-2-5-11(8-10)20-9-14-17-13-7-3-6-12(16)15(13)18-14/h2-8H,9,16H2,1H3,(H,17,18). The van der Waals surface area contributed by atoms with Crippen LogP contribution in [0.3, 0.4) is 0 Å². The highest BCUT2D eigenvalue weighted by Crippen LogP contribution is 2.21. The first kappa shape index (κ1) is 12.3. The number of nitrogens with zero attached hydrogens (tertiary/aromatic N) is 1. The molecule has 0 aliphatic rings. The van der Waals surface area contributed by atoms with Gasteiger partial charge in [-0.25, -0.2) is 4.98 Å². The van der Waals surface area contributed by atoms with E-state index in [0.717, 1.165) is 28.4 Å². The number of aromatic amines is 1. The van der Waals surface area contributed by atoms with E-state index in [1.54, 1.807) is 7.11 Å². The van der Waals surface area contributed by atoms with E-state index in [1.165, 1.54) is 0 Å². The number of nitrogen functional groups attached to an aromatic ring is 1. The summed E-state index contributed by atoms with van der Waals surface area (Å²) in [6.45, 7) is 0.348. The number of fused-ring (bicyclic) bond motifs is 1. The highest BCUT2D eigenvalue weighted by atomic mass is 16.5. The van der Waals surface area contributed by atoms with Crippen LogP contribution in [-0.2, 0) is 6.61 Å². The first-order chi connectivity index (χ1) is 9.76. The summed E-state index contributed by atoms with van der Waals surface area (Å²) >= 11 is 0. The van der Waals surface area contributed by atoms with Gasteiger partial charge in [0.15, 0.2) is 0 Å². The van der Waals surface area contributed by atoms with Crippen LogP contribution in [0, 0.1) is 0 Å². The molecule has 0 saturated heterocycles. The number of methoxy groups -OCH3 is 1. The molecule has 0 fully saturated rings. The zero-order valence-corrected chi connectivity index (χ0v) is 11.1. The first-order valence-corrected chi connectivity index (χ1v) is 6.26. The zero-order chi connectivity index (χ0) is 13.9. The third-order valence-electron chi connectivity index (χ3n) is 3.01. The quantitative estimate of drug-likeness (QED) is 0.714. The molecule has 5 heteroatoms. The summed E-state index contributed by atoms with van der Waals surface area (Å²) in [4.78, 5) is 7.62. The molecule has 0 atom stereocenters. The molecule has 0 aliphatic heterocycles. The monoisotopic (exact) mass is 269 g/mol. The van der Waals surface area contributed by atoms with Gasteiger partial charge in [-0.1, -0.05) is 12.1 Å². The minimum Gasteiger partial charge on any atom is -0.497 e. The fourth-order valence-electron chi connectivity index (χ4n) is 2.02. The van der Waals surface area contributed by atoms with E-state index in [4.69, 9.17) is 15.2 Å². The first-order valence-electron chi connectivity index (χ1n) is 6.26. The lowest BCUT2D eigenvalue weighted by Gasteiger charge is -2.05. The zero-order valence-electron chi connectivity index (χ0n) is 11.1. The second kappa shape index (κ2) is 5.13. The Hall–Kier alpha value is -2.69. The lowest BCUT2D eigenvalue weighted by molar-refractivity contribution is 0.295. The van der Waals surface area contributed by atoms with Crippen molar-refractivity contribution < 1.29 is 9.47 Å². The predicted molar refractivity (Wildman–Crippen MR) is 77.8 cm³/mol. The lowest BCUT2D eigenvalue weighted by atomic mass is 10.3. The van der Waals surface area contributed by atoms with Gasteiger partial charge in [-0.3, -0.25) is 0 Å². The van der Waals surface area contributed by atoms with Gasteiger partial charge in [0, 0.05) is 6.07 Å². The van der Waals surface area contributed by atoms with Crippen LogP contribution in [0.1, 0.15) is 5.82 Å². The largest absolute Gasteiger partial charge is 0.497 e. The number of para-hydroxylation sites is 1. The fourth-order valence-corrected chi connectivity index (χ4v) is 2.02. The summed E-state index contributed by atoms with van der Waals surface area (Å²) in [5.41, 5.74) is 8.22. The van der Waals surface area contributed by atoms with Crippen molar-refractivity contribution in [3.63, 3.8) is 0 Å². The van der Waals surface area contributed by atoms with Gasteiger partial charge in [0.05, 0.1) is 18.3 Å². The molecule has 1 heterocycles. The van der Waals surface area contributed by atoms with Crippen LogP contribution in [0.4, 0.5) is 5.69 Å². The molecule has 3 aromatic rings. The van der Waals surface area contributed by atoms with Crippen molar-refractivity contribution in [2.45, 2.75) is 6.61 Å². The molecular formula is C15H15N3O2. The molecule has 0 amide bonds. The van der Waals surface area contributed by atoms with Gasteiger partial charge in [0.2, 0.25) is 0 Å². The molecule has 0 saturated carbocycles. The summed E-state index contributed by atoms with van der Waals surface area (Å²) in [5.74, 6) is 2.23. The number of anilines is 1. The van der Waals surface area contributed by atoms with Gasteiger partial charge in [0.1, 0.15) is 29.4 Å². The Balaban J connectivity index is 1.78. The van der Waals surface area contributed by atoms with Crippen LogP contribution in [0.25, 0.3) is 11.0 Å². The number of aromatic nitrogens is 2. The van der Waals surface area contributed by atoms with Crippen LogP contribution in [-0.4, -0.2) is 17.1 Å². The van der Waals surface area contributed by atoms with Gasteiger partial charge in [-0.15, -0.1) is 0 Å². The Morgan fingerprint density at radius 2 is 1.95 bits per heavy atom. The Kier molecular flexibility index (Phi) is 3.16. The summed E-state index contributed by atoms with van der Waals surface area (Å²) in [7, 11) is 1.63. The van der Waals surface area contributed by atoms with Crippen molar-refractivity contribution in [3.8, 4) is 11.5 Å². The van der Waals surface area contributed by atoms with Gasteiger partial charge < -0.3 is 20.2 Å². The second-order valence-corrected chi connectivity index (χ2v) is 4.39. The number of nitrogens with two attached hydrogens (primary N) is 1. The Morgan fingerprint density at radius 1 is 1.15 bits per heavy atom. The van der Waals surface area contributed by atoms with Crippen LogP contribution in [0.2, 0.25) is 0 Å². The van der Waals surface area contributed by atoms with E-state index in [2.05, 4.69) is 9.97 Å². The molecule has 0 unspecified atom stereocenters. The summed E-state index contributed by atoms with van der Waals surface area (Å²) in [6, 6.07) is 13.1. The molecule has 2 aromatic carbocycles. The molecule has 5 nitrogen and oxygen atoms in total. The maximum Gasteiger partial charge on any atom is 0.146 e. The van der Waals surface area contributed by atoms with E-state index in [0.29, 0.717) is 12.3 Å². The SMILES string of the molecule is COc1cccc(OCc2nc3c(N)cccc3[nH]2)c1. The van der Waals surface area contributed by atoms with Crippen LogP contribution < -0.4 is 15.2 Å². The average molecular weight is 269 g/mol. The normalized spacial score (nSPS) is 10.7. The smallest absolute Gasteiger partial charge is 0.146 e. The molecule has 3 rings (SSSR count). The molecule has 3 N–H and O–H groups in total. The number of imidazole rings is 1. The second-order valence-electron chi connectivity index (χ2n) is 4.39. The Morgan fingerprint density at radius 3 is 2.75 bits per heavy atom. The Bertz CT molecular complexity index is 737. The maximum absolute atomic E-state index is 5.87. The van der Waals surface area contributed by atoms with Crippen molar-refractivity contribution in [1.29, 1.82) is 0 Å². The molecule has 0 aliphatic carbocycles. The average Bonchev–Trinajstić information content (AvgIpc) is 2.90. The lowest BCUT2D eigenvalue weighted by Crippen LogP contribution is -1.97. The maximum atomic E-state index is 5.87. The van der Waals surface area contributed by atoms with E-state index in [-0.39, 0.29) is 0 Å². The van der Waals surface area contributed by atoms with E-state index >= 15 is 0 Å². The number of hydrogen-bond acceptors (Lipinski definition) is 4. The highest BCUT2D eigenvalue weighted by molar-refractivity contribution is 5.86. The van der Waals surface area contributed by atoms with Gasteiger partial charge in [0.25, 0.3) is 0 Å². The van der Waals surface area contributed by atoms with Crippen molar-refractivity contribution in [2.24, 2.45) is 0 Å². The molecule has 0 radical (unpaired) electrons. The van der Waals surface area contributed by atoms with Gasteiger partial charge in [-0.2, -0.15) is 0 Å². The summed E-state index contributed by atoms with van der Waals surface area (Å²) in [5, 5.41) is 0. The molecule has 102 valence electrons. The predicted octanol–water partition coefficient (Wildman–Crippen LogP) is 2.73. The van der Waals surface area contributed by atoms with Gasteiger partial charge in [-0.05, 0) is 24.3 Å². The number of ether oxygens (including phenoxy) is 2. The minimum atomic E-state index is 0.348. The Labute approximate surface area is 116 Å². The third kappa shape index (κ3) is 2.38. The summed E-state index contributed by atoms with van der Waals surface area (Å²) < 4.78 is 10.8. The van der Waals surface area contributed by atoms with Crippen LogP contribution in [0.5, 0.6) is 11.5 Å². The minimum absolute atomic E-state index is 0.348. The third-order valence-corrected chi connectivity index (χ3v) is 3.01. The van der Waals surface area contributed by atoms with E-state index in [9.17, 15) is 0 Å². The molecule has 20 heavy (non-hydrogen) atoms. The van der Waals surface area contributed by atoms with E-state index < -0.39 is 0 Å². The molecule has 0 spiro atoms. The number of H-pyrrole nitrogens is 1. The molecule has 0 bridgehead atoms. The number of nitrogens with one attached hydrogen (secondary N) is 1.